The van der Waals surface area contributed by atoms with Crippen molar-refractivity contribution in [2.75, 3.05) is 0 Å². The summed E-state index contributed by atoms with van der Waals surface area (Å²) in [5.41, 5.74) is 0.911. The zero-order valence-electron chi connectivity index (χ0n) is 9.54. The summed E-state index contributed by atoms with van der Waals surface area (Å²) in [5.74, 6) is 0. The average Bonchev–Trinajstić information content (AvgIpc) is 1.85. The molecule has 0 heteroatoms. The van der Waals surface area contributed by atoms with Crippen LogP contribution in [0.1, 0.15) is 60.3 Å². The van der Waals surface area contributed by atoms with E-state index in [4.69, 9.17) is 0 Å². The van der Waals surface area contributed by atoms with E-state index >= 15 is 0 Å². The molecule has 0 atom stereocenters. The van der Waals surface area contributed by atoms with Gasteiger partial charge >= 0.3 is 0 Å². The maximum atomic E-state index is 4.00. The third-order valence-electron chi connectivity index (χ3n) is 2.56. The van der Waals surface area contributed by atoms with Gasteiger partial charge in [-0.05, 0) is 30.1 Å². The summed E-state index contributed by atoms with van der Waals surface area (Å²) in [4.78, 5) is 0. The molecule has 0 aliphatic heterocycles. The minimum Gasteiger partial charge on any atom is -0.0654 e. The molecule has 0 aromatic heterocycles. The summed E-state index contributed by atoms with van der Waals surface area (Å²) in [6.45, 7) is 15.6. The highest BCUT2D eigenvalue weighted by Gasteiger charge is 2.26. The fourth-order valence-corrected chi connectivity index (χ4v) is 2.15. The van der Waals surface area contributed by atoms with Crippen LogP contribution in [0.4, 0.5) is 0 Å². The smallest absolute Gasteiger partial charge is 0.0349 e. The molecule has 0 heterocycles. The summed E-state index contributed by atoms with van der Waals surface area (Å²) >= 11 is 0. The zero-order chi connectivity index (χ0) is 9.83. The van der Waals surface area contributed by atoms with Gasteiger partial charge in [0.25, 0.3) is 0 Å². The SMILES string of the molecule is [CH2]CC(C)(C)CC(C)(C)CCC. The Morgan fingerprint density at radius 3 is 1.83 bits per heavy atom. The summed E-state index contributed by atoms with van der Waals surface area (Å²) in [6.07, 6.45) is 4.95. The normalized spacial score (nSPS) is 13.5. The van der Waals surface area contributed by atoms with Crippen molar-refractivity contribution in [1.29, 1.82) is 0 Å². The molecule has 0 saturated heterocycles. The van der Waals surface area contributed by atoms with Gasteiger partial charge in [-0.25, -0.2) is 0 Å². The topological polar surface area (TPSA) is 0 Å². The van der Waals surface area contributed by atoms with Crippen LogP contribution in [0.15, 0.2) is 0 Å². The molecule has 0 saturated carbocycles. The molecule has 0 aliphatic carbocycles. The van der Waals surface area contributed by atoms with Crippen molar-refractivity contribution in [2.24, 2.45) is 10.8 Å². The van der Waals surface area contributed by atoms with Gasteiger partial charge in [-0.1, -0.05) is 48.0 Å². The number of rotatable bonds is 5. The van der Waals surface area contributed by atoms with Gasteiger partial charge in [0.1, 0.15) is 0 Å². The van der Waals surface area contributed by atoms with Crippen molar-refractivity contribution in [3.63, 3.8) is 0 Å². The van der Waals surface area contributed by atoms with Gasteiger partial charge in [-0.2, -0.15) is 0 Å². The van der Waals surface area contributed by atoms with Gasteiger partial charge < -0.3 is 0 Å². The van der Waals surface area contributed by atoms with Crippen LogP contribution in [0.25, 0.3) is 0 Å². The highest BCUT2D eigenvalue weighted by Crippen LogP contribution is 2.38. The first-order valence-corrected chi connectivity index (χ1v) is 5.12. The van der Waals surface area contributed by atoms with Crippen molar-refractivity contribution in [3.8, 4) is 0 Å². The van der Waals surface area contributed by atoms with E-state index in [1.807, 2.05) is 0 Å². The van der Waals surface area contributed by atoms with E-state index in [1.165, 1.54) is 19.3 Å². The molecule has 12 heavy (non-hydrogen) atoms. The molecule has 0 amide bonds. The lowest BCUT2D eigenvalue weighted by atomic mass is 9.72. The van der Waals surface area contributed by atoms with Crippen molar-refractivity contribution in [1.82, 2.24) is 0 Å². The van der Waals surface area contributed by atoms with E-state index in [9.17, 15) is 0 Å². The lowest BCUT2D eigenvalue weighted by Gasteiger charge is -2.34. The second-order valence-electron chi connectivity index (χ2n) is 5.51. The second kappa shape index (κ2) is 4.30. The molecule has 0 rings (SSSR count). The van der Waals surface area contributed by atoms with Crippen molar-refractivity contribution in [3.05, 3.63) is 6.92 Å². The third-order valence-corrected chi connectivity index (χ3v) is 2.56. The maximum Gasteiger partial charge on any atom is -0.0349 e. The Bertz CT molecular complexity index is 120. The van der Waals surface area contributed by atoms with Crippen LogP contribution < -0.4 is 0 Å². The van der Waals surface area contributed by atoms with Crippen LogP contribution >= 0.6 is 0 Å². The highest BCUT2D eigenvalue weighted by atomic mass is 14.3. The summed E-state index contributed by atoms with van der Waals surface area (Å²) in [5, 5.41) is 0. The predicted molar refractivity (Wildman–Crippen MR) is 57.1 cm³/mol. The fraction of sp³-hybridized carbons (Fsp3) is 0.917. The molecule has 0 aromatic carbocycles. The molecule has 1 radical (unpaired) electrons. The third kappa shape index (κ3) is 4.79. The molecule has 0 unspecified atom stereocenters. The molecule has 0 aliphatic rings. The van der Waals surface area contributed by atoms with E-state index in [1.54, 1.807) is 0 Å². The molecule has 0 fully saturated rings. The lowest BCUT2D eigenvalue weighted by Crippen LogP contribution is -2.22. The van der Waals surface area contributed by atoms with Crippen molar-refractivity contribution < 1.29 is 0 Å². The summed E-state index contributed by atoms with van der Waals surface area (Å²) in [7, 11) is 0. The first-order chi connectivity index (χ1) is 5.33. The Labute approximate surface area is 78.8 Å². The van der Waals surface area contributed by atoms with E-state index in [0.29, 0.717) is 10.8 Å². The molecule has 0 N–H and O–H groups in total. The van der Waals surface area contributed by atoms with Gasteiger partial charge in [-0.3, -0.25) is 0 Å². The van der Waals surface area contributed by atoms with Crippen LogP contribution in [-0.2, 0) is 0 Å². The molecule has 0 nitrogen and oxygen atoms in total. The minimum atomic E-state index is 0.415. The highest BCUT2D eigenvalue weighted by molar-refractivity contribution is 4.79. The Morgan fingerprint density at radius 2 is 1.50 bits per heavy atom. The van der Waals surface area contributed by atoms with Gasteiger partial charge in [0, 0.05) is 0 Å². The molecule has 0 aromatic rings. The quantitative estimate of drug-likeness (QED) is 0.570. The average molecular weight is 169 g/mol. The molecule has 73 valence electrons. The van der Waals surface area contributed by atoms with Crippen LogP contribution in [0.5, 0.6) is 0 Å². The summed E-state index contributed by atoms with van der Waals surface area (Å²) < 4.78 is 0. The first kappa shape index (κ1) is 12.0. The lowest BCUT2D eigenvalue weighted by molar-refractivity contribution is 0.182. The van der Waals surface area contributed by atoms with Crippen LogP contribution in [0, 0.1) is 17.8 Å². The van der Waals surface area contributed by atoms with Crippen LogP contribution in [-0.4, -0.2) is 0 Å². The van der Waals surface area contributed by atoms with Crippen LogP contribution in [0.2, 0.25) is 0 Å². The monoisotopic (exact) mass is 169 g/mol. The maximum absolute atomic E-state index is 4.00. The van der Waals surface area contributed by atoms with Gasteiger partial charge in [0.15, 0.2) is 0 Å². The van der Waals surface area contributed by atoms with E-state index < -0.39 is 0 Å². The number of hydrogen-bond acceptors (Lipinski definition) is 0. The standard InChI is InChI=1S/C12H25/c1-7-9-12(5,6)10-11(3,4)8-2/h2,7-10H2,1,3-6H3. The molecule has 0 bridgehead atoms. The van der Waals surface area contributed by atoms with Gasteiger partial charge in [0.05, 0.1) is 0 Å². The first-order valence-electron chi connectivity index (χ1n) is 5.12. The Balaban J connectivity index is 4.04. The van der Waals surface area contributed by atoms with Crippen LogP contribution in [0.3, 0.4) is 0 Å². The van der Waals surface area contributed by atoms with Gasteiger partial charge in [-0.15, -0.1) is 0 Å². The second-order valence-corrected chi connectivity index (χ2v) is 5.51. The Hall–Kier alpha value is 0. The van der Waals surface area contributed by atoms with Gasteiger partial charge in [0.2, 0.25) is 0 Å². The Kier molecular flexibility index (Phi) is 4.30. The molecular weight excluding hydrogens is 144 g/mol. The fourth-order valence-electron chi connectivity index (χ4n) is 2.15. The predicted octanol–water partition coefficient (Wildman–Crippen LogP) is 4.45. The minimum absolute atomic E-state index is 0.415. The van der Waals surface area contributed by atoms with E-state index in [2.05, 4.69) is 41.5 Å². The van der Waals surface area contributed by atoms with E-state index in [0.717, 1.165) is 6.42 Å². The summed E-state index contributed by atoms with van der Waals surface area (Å²) in [6, 6.07) is 0. The van der Waals surface area contributed by atoms with Crippen molar-refractivity contribution >= 4 is 0 Å². The zero-order valence-corrected chi connectivity index (χ0v) is 9.54. The van der Waals surface area contributed by atoms with Crippen molar-refractivity contribution in [2.45, 2.75) is 60.3 Å². The number of hydrogen-bond donors (Lipinski definition) is 0. The van der Waals surface area contributed by atoms with E-state index in [-0.39, 0.29) is 0 Å². The molecular formula is C12H25. The largest absolute Gasteiger partial charge is 0.0654 e. The molecule has 0 spiro atoms. The Morgan fingerprint density at radius 1 is 1.00 bits per heavy atom.